The number of nitriles is 1. The Morgan fingerprint density at radius 3 is 2.79 bits per heavy atom. The van der Waals surface area contributed by atoms with Crippen LogP contribution in [0.1, 0.15) is 23.1 Å². The first-order valence-corrected chi connectivity index (χ1v) is 4.47. The Hall–Kier alpha value is -1.82. The molecule has 3 heteroatoms. The van der Waals surface area contributed by atoms with Crippen molar-refractivity contribution in [3.63, 3.8) is 0 Å². The topological polar surface area (TPSA) is 61.1 Å². The predicted octanol–water partition coefficient (Wildman–Crippen LogP) is 1.32. The van der Waals surface area contributed by atoms with Crippen LogP contribution in [0.15, 0.2) is 12.1 Å². The number of benzene rings is 1. The molecule has 0 aliphatic heterocycles. The lowest BCUT2D eigenvalue weighted by atomic mass is 9.89. The standard InChI is InChI=1S/C11H9NO2/c12-6-9-3-8-4-10(13)2-1-7(8)5-11(9)14/h3,5,14H,1-2,4H2. The molecule has 0 bridgehead atoms. The number of aromatic hydroxyl groups is 1. The average molecular weight is 187 g/mol. The molecule has 0 spiro atoms. The number of ketones is 1. The molecule has 14 heavy (non-hydrogen) atoms. The van der Waals surface area contributed by atoms with Gasteiger partial charge in [-0.2, -0.15) is 5.26 Å². The van der Waals surface area contributed by atoms with Gasteiger partial charge in [0, 0.05) is 12.8 Å². The van der Waals surface area contributed by atoms with Crippen LogP contribution in [0.4, 0.5) is 0 Å². The first-order chi connectivity index (χ1) is 6.70. The summed E-state index contributed by atoms with van der Waals surface area (Å²) in [6.07, 6.45) is 1.61. The number of hydrogen-bond donors (Lipinski definition) is 1. The number of phenols is 1. The molecule has 0 unspecified atom stereocenters. The van der Waals surface area contributed by atoms with E-state index in [0.717, 1.165) is 11.1 Å². The fraction of sp³-hybridized carbons (Fsp3) is 0.273. The second-order valence-electron chi connectivity index (χ2n) is 3.47. The SMILES string of the molecule is N#Cc1cc2c(cc1O)CCC(=O)C2. The summed E-state index contributed by atoms with van der Waals surface area (Å²) < 4.78 is 0. The molecule has 70 valence electrons. The fourth-order valence-corrected chi connectivity index (χ4v) is 1.74. The predicted molar refractivity (Wildman–Crippen MR) is 49.9 cm³/mol. The summed E-state index contributed by atoms with van der Waals surface area (Å²) in [6, 6.07) is 5.11. The normalized spacial score (nSPS) is 14.6. The minimum Gasteiger partial charge on any atom is -0.507 e. The summed E-state index contributed by atoms with van der Waals surface area (Å²) in [5, 5.41) is 18.1. The number of nitrogens with zero attached hydrogens (tertiary/aromatic N) is 1. The van der Waals surface area contributed by atoms with Gasteiger partial charge >= 0.3 is 0 Å². The Morgan fingerprint density at radius 1 is 1.29 bits per heavy atom. The maximum Gasteiger partial charge on any atom is 0.137 e. The van der Waals surface area contributed by atoms with E-state index in [2.05, 4.69) is 0 Å². The zero-order valence-corrected chi connectivity index (χ0v) is 7.58. The number of hydrogen-bond acceptors (Lipinski definition) is 3. The van der Waals surface area contributed by atoms with Crippen molar-refractivity contribution in [2.45, 2.75) is 19.3 Å². The number of rotatable bonds is 0. The van der Waals surface area contributed by atoms with Crippen LogP contribution >= 0.6 is 0 Å². The number of Topliss-reactive ketones (excluding diaryl/α,β-unsaturated/α-hetero) is 1. The van der Waals surface area contributed by atoms with E-state index in [1.54, 1.807) is 12.1 Å². The Balaban J connectivity index is 2.52. The van der Waals surface area contributed by atoms with Crippen molar-refractivity contribution < 1.29 is 9.90 Å². The minimum atomic E-state index is 0.0144. The highest BCUT2D eigenvalue weighted by atomic mass is 16.3. The number of aryl methyl sites for hydroxylation is 1. The molecular formula is C11H9NO2. The van der Waals surface area contributed by atoms with Gasteiger partial charge in [-0.05, 0) is 29.7 Å². The Morgan fingerprint density at radius 2 is 2.07 bits per heavy atom. The van der Waals surface area contributed by atoms with Crippen molar-refractivity contribution in [2.75, 3.05) is 0 Å². The highest BCUT2D eigenvalue weighted by Crippen LogP contribution is 2.26. The Bertz CT molecular complexity index is 443. The minimum absolute atomic E-state index is 0.0144. The van der Waals surface area contributed by atoms with E-state index in [-0.39, 0.29) is 17.1 Å². The molecule has 0 fully saturated rings. The first kappa shape index (κ1) is 8.76. The largest absolute Gasteiger partial charge is 0.507 e. The van der Waals surface area contributed by atoms with Gasteiger partial charge in [-0.15, -0.1) is 0 Å². The van der Waals surface area contributed by atoms with Gasteiger partial charge in [-0.3, -0.25) is 4.79 Å². The maximum absolute atomic E-state index is 11.2. The zero-order valence-electron chi connectivity index (χ0n) is 7.58. The molecule has 1 aliphatic rings. The molecule has 1 aromatic carbocycles. The third kappa shape index (κ3) is 1.35. The summed E-state index contributed by atoms with van der Waals surface area (Å²) in [6.45, 7) is 0. The van der Waals surface area contributed by atoms with E-state index in [4.69, 9.17) is 5.26 Å². The lowest BCUT2D eigenvalue weighted by molar-refractivity contribution is -0.118. The van der Waals surface area contributed by atoms with Crippen LogP contribution in [0.25, 0.3) is 0 Å². The summed E-state index contributed by atoms with van der Waals surface area (Å²) >= 11 is 0. The van der Waals surface area contributed by atoms with Crippen molar-refractivity contribution in [2.24, 2.45) is 0 Å². The Kier molecular flexibility index (Phi) is 1.97. The summed E-state index contributed by atoms with van der Waals surface area (Å²) in [5.41, 5.74) is 2.12. The van der Waals surface area contributed by atoms with Crippen molar-refractivity contribution in [1.29, 1.82) is 5.26 Å². The molecule has 0 radical (unpaired) electrons. The van der Waals surface area contributed by atoms with E-state index in [9.17, 15) is 9.90 Å². The summed E-state index contributed by atoms with van der Waals surface area (Å²) in [7, 11) is 0. The summed E-state index contributed by atoms with van der Waals surface area (Å²) in [5.74, 6) is 0.215. The molecule has 1 N–H and O–H groups in total. The molecule has 0 atom stereocenters. The van der Waals surface area contributed by atoms with Crippen LogP contribution in [0.3, 0.4) is 0 Å². The van der Waals surface area contributed by atoms with E-state index in [1.165, 1.54) is 0 Å². The van der Waals surface area contributed by atoms with Crippen LogP contribution in [-0.2, 0) is 17.6 Å². The number of phenolic OH excluding ortho intramolecular Hbond substituents is 1. The number of fused-ring (bicyclic) bond motifs is 1. The number of carbonyl (C=O) groups is 1. The van der Waals surface area contributed by atoms with Crippen LogP contribution < -0.4 is 0 Å². The van der Waals surface area contributed by atoms with Crippen molar-refractivity contribution in [3.05, 3.63) is 28.8 Å². The van der Waals surface area contributed by atoms with Crippen LogP contribution in [0.2, 0.25) is 0 Å². The van der Waals surface area contributed by atoms with Gasteiger partial charge in [0.25, 0.3) is 0 Å². The average Bonchev–Trinajstić information content (AvgIpc) is 2.17. The van der Waals surface area contributed by atoms with E-state index in [0.29, 0.717) is 19.3 Å². The molecule has 0 saturated heterocycles. The third-order valence-corrected chi connectivity index (χ3v) is 2.50. The van der Waals surface area contributed by atoms with Gasteiger partial charge in [0.15, 0.2) is 0 Å². The quantitative estimate of drug-likeness (QED) is 0.666. The molecular weight excluding hydrogens is 178 g/mol. The van der Waals surface area contributed by atoms with Gasteiger partial charge in [0.2, 0.25) is 0 Å². The van der Waals surface area contributed by atoms with Crippen LogP contribution in [0, 0.1) is 11.3 Å². The first-order valence-electron chi connectivity index (χ1n) is 4.47. The smallest absolute Gasteiger partial charge is 0.137 e. The number of carbonyl (C=O) groups excluding carboxylic acids is 1. The van der Waals surface area contributed by atoms with Gasteiger partial charge in [0.1, 0.15) is 17.6 Å². The van der Waals surface area contributed by atoms with Crippen molar-refractivity contribution in [3.8, 4) is 11.8 Å². The van der Waals surface area contributed by atoms with Gasteiger partial charge in [-0.1, -0.05) is 0 Å². The lowest BCUT2D eigenvalue weighted by Gasteiger charge is -2.15. The second-order valence-corrected chi connectivity index (χ2v) is 3.47. The van der Waals surface area contributed by atoms with E-state index in [1.807, 2.05) is 6.07 Å². The lowest BCUT2D eigenvalue weighted by Crippen LogP contribution is -2.13. The fourth-order valence-electron chi connectivity index (χ4n) is 1.74. The van der Waals surface area contributed by atoms with Gasteiger partial charge in [-0.25, -0.2) is 0 Å². The highest BCUT2D eigenvalue weighted by molar-refractivity contribution is 5.83. The zero-order chi connectivity index (χ0) is 10.1. The highest BCUT2D eigenvalue weighted by Gasteiger charge is 2.17. The van der Waals surface area contributed by atoms with Gasteiger partial charge < -0.3 is 5.11 Å². The van der Waals surface area contributed by atoms with Crippen LogP contribution in [-0.4, -0.2) is 10.9 Å². The van der Waals surface area contributed by atoms with E-state index >= 15 is 0 Å². The van der Waals surface area contributed by atoms with E-state index < -0.39 is 0 Å². The molecule has 1 aliphatic carbocycles. The van der Waals surface area contributed by atoms with Crippen molar-refractivity contribution >= 4 is 5.78 Å². The molecule has 2 rings (SSSR count). The molecule has 3 nitrogen and oxygen atoms in total. The molecule has 1 aromatic rings. The summed E-state index contributed by atoms with van der Waals surface area (Å²) in [4.78, 5) is 11.2. The second kappa shape index (κ2) is 3.15. The molecule has 0 aromatic heterocycles. The molecule has 0 heterocycles. The monoisotopic (exact) mass is 187 g/mol. The van der Waals surface area contributed by atoms with Gasteiger partial charge in [0.05, 0.1) is 5.56 Å². The maximum atomic E-state index is 11.2. The molecule has 0 saturated carbocycles. The van der Waals surface area contributed by atoms with Crippen LogP contribution in [0.5, 0.6) is 5.75 Å². The molecule has 0 amide bonds. The Labute approximate surface area is 81.6 Å². The third-order valence-electron chi connectivity index (χ3n) is 2.50. The van der Waals surface area contributed by atoms with Crippen molar-refractivity contribution in [1.82, 2.24) is 0 Å².